The highest BCUT2D eigenvalue weighted by atomic mass is 35.5. The number of ether oxygens (including phenoxy) is 1. The Balaban J connectivity index is 1.35. The Hall–Kier alpha value is -2.83. The molecule has 1 aliphatic heterocycles. The maximum atomic E-state index is 13.1. The van der Waals surface area contributed by atoms with Crippen LogP contribution in [0.1, 0.15) is 32.9 Å². The SMILES string of the molecule is Cc1ccc(OCc2c(C(=O)N3CCN(Cc4ccc(Cl)cc4)CC3)noc2C)cc1. The number of hydrogen-bond donors (Lipinski definition) is 0. The quantitative estimate of drug-likeness (QED) is 0.566. The predicted molar refractivity (Wildman–Crippen MR) is 119 cm³/mol. The lowest BCUT2D eigenvalue weighted by atomic mass is 10.1. The van der Waals surface area contributed by atoms with Gasteiger partial charge in [-0.25, -0.2) is 0 Å². The Bertz CT molecular complexity index is 1020. The average Bonchev–Trinajstić information content (AvgIpc) is 3.15. The van der Waals surface area contributed by atoms with E-state index >= 15 is 0 Å². The summed E-state index contributed by atoms with van der Waals surface area (Å²) in [5.41, 5.74) is 3.43. The van der Waals surface area contributed by atoms with Crippen molar-refractivity contribution >= 4 is 17.5 Å². The number of piperazine rings is 1. The molecule has 6 nitrogen and oxygen atoms in total. The number of benzene rings is 2. The second kappa shape index (κ2) is 9.54. The minimum absolute atomic E-state index is 0.106. The van der Waals surface area contributed by atoms with Crippen LogP contribution in [0.2, 0.25) is 5.02 Å². The van der Waals surface area contributed by atoms with E-state index in [4.69, 9.17) is 20.9 Å². The summed E-state index contributed by atoms with van der Waals surface area (Å²) in [5, 5.41) is 4.78. The molecule has 0 spiro atoms. The molecule has 0 saturated carbocycles. The summed E-state index contributed by atoms with van der Waals surface area (Å²) in [6.07, 6.45) is 0. The number of aryl methyl sites for hydroxylation is 2. The molecule has 1 aromatic heterocycles. The zero-order chi connectivity index (χ0) is 21.8. The predicted octanol–water partition coefficient (Wildman–Crippen LogP) is 4.48. The molecule has 1 amide bonds. The summed E-state index contributed by atoms with van der Waals surface area (Å²) in [6, 6.07) is 15.7. The molecule has 7 heteroatoms. The maximum absolute atomic E-state index is 13.1. The lowest BCUT2D eigenvalue weighted by Crippen LogP contribution is -2.48. The van der Waals surface area contributed by atoms with Crippen molar-refractivity contribution in [2.24, 2.45) is 0 Å². The number of halogens is 1. The van der Waals surface area contributed by atoms with Crippen molar-refractivity contribution in [3.63, 3.8) is 0 Å². The Morgan fingerprint density at radius 3 is 2.39 bits per heavy atom. The van der Waals surface area contributed by atoms with E-state index in [0.29, 0.717) is 30.1 Å². The van der Waals surface area contributed by atoms with Gasteiger partial charge in [-0.1, -0.05) is 46.6 Å². The van der Waals surface area contributed by atoms with Gasteiger partial charge >= 0.3 is 0 Å². The molecule has 4 rings (SSSR count). The molecule has 0 radical (unpaired) electrons. The molecule has 1 aliphatic rings. The minimum Gasteiger partial charge on any atom is -0.489 e. The first kappa shape index (κ1) is 21.4. The van der Waals surface area contributed by atoms with Gasteiger partial charge in [0.05, 0.1) is 5.56 Å². The molecule has 2 heterocycles. The highest BCUT2D eigenvalue weighted by Crippen LogP contribution is 2.21. The summed E-state index contributed by atoms with van der Waals surface area (Å²) in [7, 11) is 0. The number of nitrogens with zero attached hydrogens (tertiary/aromatic N) is 3. The maximum Gasteiger partial charge on any atom is 0.276 e. The van der Waals surface area contributed by atoms with E-state index in [1.165, 1.54) is 11.1 Å². The van der Waals surface area contributed by atoms with Gasteiger partial charge in [-0.05, 0) is 43.7 Å². The molecule has 0 atom stereocenters. The first-order chi connectivity index (χ1) is 15.0. The van der Waals surface area contributed by atoms with Gasteiger partial charge in [0.15, 0.2) is 5.69 Å². The normalized spacial score (nSPS) is 14.6. The number of hydrogen-bond acceptors (Lipinski definition) is 5. The fourth-order valence-corrected chi connectivity index (χ4v) is 3.75. The average molecular weight is 440 g/mol. The number of amides is 1. The molecule has 31 heavy (non-hydrogen) atoms. The van der Waals surface area contributed by atoms with Crippen LogP contribution >= 0.6 is 11.6 Å². The lowest BCUT2D eigenvalue weighted by molar-refractivity contribution is 0.0616. The van der Waals surface area contributed by atoms with Crippen LogP contribution in [-0.2, 0) is 13.2 Å². The zero-order valence-electron chi connectivity index (χ0n) is 17.8. The number of carbonyl (C=O) groups is 1. The number of rotatable bonds is 6. The second-order valence-corrected chi connectivity index (χ2v) is 8.30. The lowest BCUT2D eigenvalue weighted by Gasteiger charge is -2.34. The van der Waals surface area contributed by atoms with E-state index in [-0.39, 0.29) is 12.5 Å². The highest BCUT2D eigenvalue weighted by molar-refractivity contribution is 6.30. The molecule has 0 aliphatic carbocycles. The van der Waals surface area contributed by atoms with Crippen molar-refractivity contribution < 1.29 is 14.1 Å². The molecule has 2 aromatic carbocycles. The van der Waals surface area contributed by atoms with E-state index in [0.717, 1.165) is 30.4 Å². The summed E-state index contributed by atoms with van der Waals surface area (Å²) in [5.74, 6) is 1.25. The number of carbonyl (C=O) groups excluding carboxylic acids is 1. The fraction of sp³-hybridized carbons (Fsp3) is 0.333. The summed E-state index contributed by atoms with van der Waals surface area (Å²) in [4.78, 5) is 17.3. The number of aromatic nitrogens is 1. The first-order valence-corrected chi connectivity index (χ1v) is 10.8. The Morgan fingerprint density at radius 2 is 1.71 bits per heavy atom. The van der Waals surface area contributed by atoms with Crippen molar-refractivity contribution in [2.75, 3.05) is 26.2 Å². The zero-order valence-corrected chi connectivity index (χ0v) is 18.6. The van der Waals surface area contributed by atoms with Crippen LogP contribution in [0.15, 0.2) is 53.1 Å². The van der Waals surface area contributed by atoms with Crippen LogP contribution in [-0.4, -0.2) is 47.0 Å². The summed E-state index contributed by atoms with van der Waals surface area (Å²) < 4.78 is 11.2. The topological polar surface area (TPSA) is 58.8 Å². The van der Waals surface area contributed by atoms with Crippen LogP contribution in [0.4, 0.5) is 0 Å². The largest absolute Gasteiger partial charge is 0.489 e. The van der Waals surface area contributed by atoms with E-state index in [9.17, 15) is 4.79 Å². The van der Waals surface area contributed by atoms with E-state index < -0.39 is 0 Å². The molecule has 0 N–H and O–H groups in total. The van der Waals surface area contributed by atoms with Crippen molar-refractivity contribution in [3.05, 3.63) is 81.7 Å². The van der Waals surface area contributed by atoms with Gasteiger partial charge in [0.1, 0.15) is 18.1 Å². The minimum atomic E-state index is -0.106. The molecular weight excluding hydrogens is 414 g/mol. The third-order valence-electron chi connectivity index (χ3n) is 5.57. The van der Waals surface area contributed by atoms with Crippen LogP contribution in [0.5, 0.6) is 5.75 Å². The molecule has 1 saturated heterocycles. The summed E-state index contributed by atoms with van der Waals surface area (Å²) in [6.45, 7) is 7.84. The third-order valence-corrected chi connectivity index (χ3v) is 5.82. The van der Waals surface area contributed by atoms with Gasteiger partial charge in [-0.2, -0.15) is 0 Å². The molecular formula is C24H26ClN3O3. The molecule has 1 fully saturated rings. The molecule has 162 valence electrons. The molecule has 3 aromatic rings. The Kier molecular flexibility index (Phi) is 6.59. The van der Waals surface area contributed by atoms with E-state index in [2.05, 4.69) is 10.1 Å². The van der Waals surface area contributed by atoms with Gasteiger partial charge in [0, 0.05) is 37.7 Å². The fourth-order valence-electron chi connectivity index (χ4n) is 3.63. The first-order valence-electron chi connectivity index (χ1n) is 10.4. The van der Waals surface area contributed by atoms with Crippen molar-refractivity contribution in [1.82, 2.24) is 15.0 Å². The van der Waals surface area contributed by atoms with Crippen molar-refractivity contribution in [1.29, 1.82) is 0 Å². The van der Waals surface area contributed by atoms with Gasteiger partial charge in [-0.15, -0.1) is 0 Å². The standard InChI is InChI=1S/C24H26ClN3O3/c1-17-3-9-21(10-4-17)30-16-22-18(2)31-26-23(22)24(29)28-13-11-27(12-14-28)15-19-5-7-20(25)8-6-19/h3-10H,11-16H2,1-2H3. The van der Waals surface area contributed by atoms with Crippen LogP contribution in [0, 0.1) is 13.8 Å². The van der Waals surface area contributed by atoms with Crippen LogP contribution in [0.25, 0.3) is 0 Å². The van der Waals surface area contributed by atoms with Crippen molar-refractivity contribution in [2.45, 2.75) is 27.0 Å². The van der Waals surface area contributed by atoms with Crippen LogP contribution < -0.4 is 4.74 Å². The Labute approximate surface area is 187 Å². The second-order valence-electron chi connectivity index (χ2n) is 7.86. The van der Waals surface area contributed by atoms with Crippen molar-refractivity contribution in [3.8, 4) is 5.75 Å². The van der Waals surface area contributed by atoms with Gasteiger partial charge in [0.25, 0.3) is 5.91 Å². The van der Waals surface area contributed by atoms with Gasteiger partial charge in [-0.3, -0.25) is 9.69 Å². The Morgan fingerprint density at radius 1 is 1.03 bits per heavy atom. The van der Waals surface area contributed by atoms with Gasteiger partial charge < -0.3 is 14.2 Å². The van der Waals surface area contributed by atoms with Crippen LogP contribution in [0.3, 0.4) is 0 Å². The monoisotopic (exact) mass is 439 g/mol. The van der Waals surface area contributed by atoms with E-state index in [1.54, 1.807) is 0 Å². The van der Waals surface area contributed by atoms with Gasteiger partial charge in [0.2, 0.25) is 0 Å². The van der Waals surface area contributed by atoms with E-state index in [1.807, 2.05) is 67.3 Å². The smallest absolute Gasteiger partial charge is 0.276 e. The highest BCUT2D eigenvalue weighted by Gasteiger charge is 2.28. The summed E-state index contributed by atoms with van der Waals surface area (Å²) >= 11 is 5.96. The third kappa shape index (κ3) is 5.27. The molecule has 0 unspecified atom stereocenters. The molecule has 0 bridgehead atoms.